The van der Waals surface area contributed by atoms with Crippen LogP contribution in [-0.4, -0.2) is 81.1 Å². The summed E-state index contributed by atoms with van der Waals surface area (Å²) < 4.78 is 5.66. The molecule has 0 aliphatic carbocycles. The maximum Gasteiger partial charge on any atom is 0.170 e. The van der Waals surface area contributed by atoms with Crippen molar-refractivity contribution in [3.63, 3.8) is 0 Å². The fourth-order valence-electron chi connectivity index (χ4n) is 2.87. The molecule has 3 aliphatic rings. The fourth-order valence-corrected chi connectivity index (χ4v) is 2.87. The number of aliphatic hydroxyl groups excluding tert-OH is 3. The van der Waals surface area contributed by atoms with Crippen LogP contribution in [-0.2, 0) is 4.74 Å². The highest BCUT2D eigenvalue weighted by molar-refractivity contribution is 6.47. The maximum atomic E-state index is 10.3. The second-order valence-corrected chi connectivity index (χ2v) is 5.75. The molecule has 1 fully saturated rings. The van der Waals surface area contributed by atoms with Gasteiger partial charge in [-0.15, -0.1) is 0 Å². The monoisotopic (exact) mass is 297 g/mol. The van der Waals surface area contributed by atoms with Crippen molar-refractivity contribution in [1.29, 1.82) is 0 Å². The van der Waals surface area contributed by atoms with Crippen LogP contribution >= 0.6 is 0 Å². The molecule has 0 aromatic carbocycles. The lowest BCUT2D eigenvalue weighted by Gasteiger charge is -2.39. The zero-order chi connectivity index (χ0) is 15.4. The minimum absolute atomic E-state index is 0.183. The fraction of sp³-hybridized carbons (Fsp3) is 0.750. The largest absolute Gasteiger partial charge is 0.394 e. The predicted molar refractivity (Wildman–Crippen MR) is 75.0 cm³/mol. The smallest absolute Gasteiger partial charge is 0.170 e. The van der Waals surface area contributed by atoms with Gasteiger partial charge < -0.3 is 30.7 Å². The number of ether oxygens (including phenoxy) is 1. The second kappa shape index (κ2) is 4.55. The summed E-state index contributed by atoms with van der Waals surface area (Å²) in [4.78, 5) is 14.2. The Labute approximate surface area is 121 Å². The summed E-state index contributed by atoms with van der Waals surface area (Å²) in [6.45, 7) is 3.12. The van der Waals surface area contributed by atoms with E-state index in [2.05, 4.69) is 15.0 Å². The van der Waals surface area contributed by atoms with Gasteiger partial charge in [0, 0.05) is 0 Å². The lowest BCUT2D eigenvalue weighted by molar-refractivity contribution is -0.147. The van der Waals surface area contributed by atoms with Crippen molar-refractivity contribution in [2.75, 3.05) is 13.3 Å². The van der Waals surface area contributed by atoms with E-state index in [0.717, 1.165) is 0 Å². The summed E-state index contributed by atoms with van der Waals surface area (Å²) in [7, 11) is 0. The molecule has 9 heteroatoms. The topological polar surface area (TPSA) is 136 Å². The molecule has 9 nitrogen and oxygen atoms in total. The lowest BCUT2D eigenvalue weighted by Crippen LogP contribution is -2.59. The van der Waals surface area contributed by atoms with Crippen LogP contribution in [0.15, 0.2) is 15.0 Å². The average Bonchev–Trinajstić information content (AvgIpc) is 2.96. The van der Waals surface area contributed by atoms with Gasteiger partial charge in [0.15, 0.2) is 17.2 Å². The van der Waals surface area contributed by atoms with Crippen molar-refractivity contribution in [2.45, 2.75) is 43.5 Å². The molecular weight excluding hydrogens is 278 g/mol. The van der Waals surface area contributed by atoms with Crippen LogP contribution in [0, 0.1) is 0 Å². The molecule has 0 spiro atoms. The number of nitrogens with two attached hydrogens (primary N) is 1. The van der Waals surface area contributed by atoms with Crippen molar-refractivity contribution >= 4 is 17.9 Å². The van der Waals surface area contributed by atoms with Gasteiger partial charge in [-0.1, -0.05) is 0 Å². The van der Waals surface area contributed by atoms with E-state index < -0.39 is 36.3 Å². The van der Waals surface area contributed by atoms with Crippen LogP contribution < -0.4 is 5.73 Å². The first-order chi connectivity index (χ1) is 9.81. The molecule has 3 aliphatic heterocycles. The molecule has 116 valence electrons. The lowest BCUT2D eigenvalue weighted by atomic mass is 10.0. The van der Waals surface area contributed by atoms with Crippen LogP contribution in [0.5, 0.6) is 0 Å². The van der Waals surface area contributed by atoms with E-state index >= 15 is 0 Å². The second-order valence-electron chi connectivity index (χ2n) is 5.75. The Morgan fingerprint density at radius 1 is 1.48 bits per heavy atom. The van der Waals surface area contributed by atoms with E-state index in [9.17, 15) is 15.3 Å². The van der Waals surface area contributed by atoms with Gasteiger partial charge in [0.25, 0.3) is 0 Å². The number of fused-ring (bicyclic) bond motifs is 1. The highest BCUT2D eigenvalue weighted by atomic mass is 16.6. The van der Waals surface area contributed by atoms with E-state index in [1.807, 2.05) is 0 Å². The third-order valence-corrected chi connectivity index (χ3v) is 4.18. The molecule has 0 aromatic heterocycles. The van der Waals surface area contributed by atoms with Gasteiger partial charge >= 0.3 is 0 Å². The van der Waals surface area contributed by atoms with Crippen molar-refractivity contribution in [3.05, 3.63) is 0 Å². The first-order valence-electron chi connectivity index (χ1n) is 6.69. The molecule has 0 aromatic rings. The predicted octanol–water partition coefficient (Wildman–Crippen LogP) is -2.36. The quantitative estimate of drug-likeness (QED) is 0.450. The van der Waals surface area contributed by atoms with Gasteiger partial charge in [0.2, 0.25) is 0 Å². The molecule has 5 atom stereocenters. The summed E-state index contributed by atoms with van der Waals surface area (Å²) in [6.07, 6.45) is -1.92. The number of rotatable bonds is 2. The highest BCUT2D eigenvalue weighted by Crippen LogP contribution is 2.36. The first kappa shape index (κ1) is 14.5. The molecule has 21 heavy (non-hydrogen) atoms. The van der Waals surface area contributed by atoms with Gasteiger partial charge in [0.1, 0.15) is 37.0 Å². The summed E-state index contributed by atoms with van der Waals surface area (Å²) in [5.74, 6) is 0.460. The molecule has 5 N–H and O–H groups in total. The Kier molecular flexibility index (Phi) is 3.15. The molecule has 3 heterocycles. The molecule has 3 rings (SSSR count). The summed E-state index contributed by atoms with van der Waals surface area (Å²) in [6, 6.07) is 0. The first-order valence-corrected chi connectivity index (χ1v) is 6.69. The number of aliphatic imine (C=N–C) groups is 3. The van der Waals surface area contributed by atoms with Crippen LogP contribution in [0.1, 0.15) is 13.8 Å². The van der Waals surface area contributed by atoms with Crippen LogP contribution in [0.2, 0.25) is 0 Å². The standard InChI is InChI=1S/C12H19N5O4/c1-11(13)8-10(14-4-16-11)17(5-15-8)12(2)9(20)7(19)6(3-18)21-12/h4,6-7,9,18-20H,3,5,13H2,1-2H3/t6-,7-,9-,11?,12-/m1/s1. The molecule has 1 unspecified atom stereocenters. The van der Waals surface area contributed by atoms with Gasteiger partial charge in [0.05, 0.1) is 6.61 Å². The van der Waals surface area contributed by atoms with Crippen LogP contribution in [0.25, 0.3) is 0 Å². The van der Waals surface area contributed by atoms with Gasteiger partial charge in [-0.2, -0.15) is 0 Å². The number of hydrogen-bond acceptors (Lipinski definition) is 9. The molecule has 0 bridgehead atoms. The van der Waals surface area contributed by atoms with E-state index in [4.69, 9.17) is 10.5 Å². The van der Waals surface area contributed by atoms with Gasteiger partial charge in [-0.25, -0.2) is 9.98 Å². The average molecular weight is 297 g/mol. The Balaban J connectivity index is 1.93. The number of hydrogen-bond donors (Lipinski definition) is 4. The zero-order valence-electron chi connectivity index (χ0n) is 11.8. The molecule has 0 radical (unpaired) electrons. The van der Waals surface area contributed by atoms with Crippen molar-refractivity contribution in [1.82, 2.24) is 4.90 Å². The number of nitrogens with zero attached hydrogens (tertiary/aromatic N) is 4. The zero-order valence-corrected chi connectivity index (χ0v) is 11.8. The Bertz CT molecular complexity index is 546. The minimum atomic E-state index is -1.25. The van der Waals surface area contributed by atoms with E-state index in [0.29, 0.717) is 11.5 Å². The Morgan fingerprint density at radius 2 is 2.19 bits per heavy atom. The van der Waals surface area contributed by atoms with Gasteiger partial charge in [-0.3, -0.25) is 4.99 Å². The molecule has 0 amide bonds. The molecule has 0 saturated carbocycles. The Hall–Kier alpha value is -1.39. The Morgan fingerprint density at radius 3 is 2.81 bits per heavy atom. The van der Waals surface area contributed by atoms with E-state index in [-0.39, 0.29) is 6.67 Å². The van der Waals surface area contributed by atoms with E-state index in [1.54, 1.807) is 18.7 Å². The third-order valence-electron chi connectivity index (χ3n) is 4.18. The van der Waals surface area contributed by atoms with E-state index in [1.165, 1.54) is 6.34 Å². The van der Waals surface area contributed by atoms with Crippen molar-refractivity contribution in [2.24, 2.45) is 20.7 Å². The van der Waals surface area contributed by atoms with Crippen LogP contribution in [0.4, 0.5) is 0 Å². The summed E-state index contributed by atoms with van der Waals surface area (Å²) >= 11 is 0. The molecule has 1 saturated heterocycles. The van der Waals surface area contributed by atoms with Crippen molar-refractivity contribution < 1.29 is 20.1 Å². The van der Waals surface area contributed by atoms with Crippen molar-refractivity contribution in [3.8, 4) is 0 Å². The highest BCUT2D eigenvalue weighted by Gasteiger charge is 2.57. The number of amidine groups is 1. The van der Waals surface area contributed by atoms with Gasteiger partial charge in [-0.05, 0) is 13.8 Å². The summed E-state index contributed by atoms with van der Waals surface area (Å²) in [5, 5.41) is 29.5. The van der Waals surface area contributed by atoms with Crippen LogP contribution in [0.3, 0.4) is 0 Å². The summed E-state index contributed by atoms with van der Waals surface area (Å²) in [5.41, 5.74) is 4.32. The minimum Gasteiger partial charge on any atom is -0.394 e. The normalized spacial score (nSPS) is 45.6. The number of aliphatic hydroxyl groups is 3. The maximum absolute atomic E-state index is 10.3. The SMILES string of the molecule is CC1(N)N=CN=C2C1=NCN2[C@]1(C)O[C@H](CO)[C@@H](O)[C@H]1O. The molecular formula is C12H19N5O4. The third kappa shape index (κ3) is 1.93.